The standard InChI is InChI=1S/C20H22FN5O3S/c1-4-29-17(28)10-22-16(27)11-30-20-19-15(18(12(2)3)24-25-20)9-23-26(19)14-7-5-13(21)6-8-14/h5-9,12H,4,10-11H2,1-3H3,(H,22,27). The van der Waals surface area contributed by atoms with Crippen LogP contribution in [0.25, 0.3) is 16.6 Å². The number of nitrogens with one attached hydrogen (secondary N) is 1. The van der Waals surface area contributed by atoms with Crippen LogP contribution in [-0.2, 0) is 14.3 Å². The van der Waals surface area contributed by atoms with Crippen LogP contribution in [0.15, 0.2) is 35.5 Å². The van der Waals surface area contributed by atoms with Crippen molar-refractivity contribution in [3.63, 3.8) is 0 Å². The normalized spacial score (nSPS) is 11.1. The topological polar surface area (TPSA) is 99.0 Å². The van der Waals surface area contributed by atoms with Crippen molar-refractivity contribution in [3.05, 3.63) is 42.0 Å². The summed E-state index contributed by atoms with van der Waals surface area (Å²) in [5.74, 6) is -1.00. The van der Waals surface area contributed by atoms with Gasteiger partial charge in [-0.15, -0.1) is 5.10 Å². The first-order valence-corrected chi connectivity index (χ1v) is 10.4. The molecule has 10 heteroatoms. The summed E-state index contributed by atoms with van der Waals surface area (Å²) >= 11 is 1.19. The summed E-state index contributed by atoms with van der Waals surface area (Å²) in [4.78, 5) is 23.5. The highest BCUT2D eigenvalue weighted by molar-refractivity contribution is 8.00. The molecule has 0 spiro atoms. The molecular formula is C20H22FN5O3S. The summed E-state index contributed by atoms with van der Waals surface area (Å²) in [5.41, 5.74) is 2.15. The monoisotopic (exact) mass is 431 g/mol. The number of hydrogen-bond donors (Lipinski definition) is 1. The first-order valence-electron chi connectivity index (χ1n) is 9.46. The van der Waals surface area contributed by atoms with Gasteiger partial charge in [0.1, 0.15) is 22.9 Å². The quantitative estimate of drug-likeness (QED) is 0.432. The van der Waals surface area contributed by atoms with Crippen LogP contribution >= 0.6 is 11.8 Å². The molecular weight excluding hydrogens is 409 g/mol. The van der Waals surface area contributed by atoms with E-state index in [0.29, 0.717) is 16.2 Å². The zero-order valence-corrected chi connectivity index (χ0v) is 17.7. The van der Waals surface area contributed by atoms with E-state index < -0.39 is 5.97 Å². The van der Waals surface area contributed by atoms with E-state index in [1.54, 1.807) is 29.9 Å². The van der Waals surface area contributed by atoms with Crippen molar-refractivity contribution >= 4 is 34.5 Å². The molecule has 0 bridgehead atoms. The molecule has 0 saturated carbocycles. The van der Waals surface area contributed by atoms with E-state index in [1.165, 1.54) is 23.9 Å². The predicted molar refractivity (Wildman–Crippen MR) is 111 cm³/mol. The van der Waals surface area contributed by atoms with Crippen LogP contribution in [0.4, 0.5) is 4.39 Å². The molecule has 0 atom stereocenters. The Kier molecular flexibility index (Phi) is 6.99. The fourth-order valence-electron chi connectivity index (χ4n) is 2.81. The van der Waals surface area contributed by atoms with Crippen molar-refractivity contribution < 1.29 is 18.7 Å². The van der Waals surface area contributed by atoms with Crippen LogP contribution in [0.1, 0.15) is 32.4 Å². The SMILES string of the molecule is CCOC(=O)CNC(=O)CSc1nnc(C(C)C)c2cnn(-c3ccc(F)cc3)c12. The first-order chi connectivity index (χ1) is 14.4. The number of thioether (sulfide) groups is 1. The van der Waals surface area contributed by atoms with Gasteiger partial charge < -0.3 is 10.1 Å². The second-order valence-corrected chi connectivity index (χ2v) is 7.67. The van der Waals surface area contributed by atoms with Crippen LogP contribution in [0.5, 0.6) is 0 Å². The lowest BCUT2D eigenvalue weighted by Gasteiger charge is -2.10. The molecule has 2 aromatic heterocycles. The molecule has 0 aliphatic carbocycles. The Balaban J connectivity index is 1.88. The van der Waals surface area contributed by atoms with Gasteiger partial charge in [-0.3, -0.25) is 9.59 Å². The number of fused-ring (bicyclic) bond motifs is 1. The molecule has 1 aromatic carbocycles. The van der Waals surface area contributed by atoms with E-state index in [9.17, 15) is 14.0 Å². The van der Waals surface area contributed by atoms with Crippen molar-refractivity contribution in [2.45, 2.75) is 31.7 Å². The van der Waals surface area contributed by atoms with Gasteiger partial charge in [0.15, 0.2) is 0 Å². The smallest absolute Gasteiger partial charge is 0.325 e. The highest BCUT2D eigenvalue weighted by Crippen LogP contribution is 2.31. The maximum atomic E-state index is 13.3. The second-order valence-electron chi connectivity index (χ2n) is 6.71. The molecule has 8 nitrogen and oxygen atoms in total. The lowest BCUT2D eigenvalue weighted by Crippen LogP contribution is -2.31. The van der Waals surface area contributed by atoms with Crippen molar-refractivity contribution in [1.29, 1.82) is 0 Å². The van der Waals surface area contributed by atoms with Crippen molar-refractivity contribution in [3.8, 4) is 5.69 Å². The third kappa shape index (κ3) is 4.93. The molecule has 1 N–H and O–H groups in total. The first kappa shape index (κ1) is 21.7. The number of amides is 1. The van der Waals surface area contributed by atoms with Crippen LogP contribution in [0.2, 0.25) is 0 Å². The third-order valence-electron chi connectivity index (χ3n) is 4.19. The minimum Gasteiger partial charge on any atom is -0.465 e. The van der Waals surface area contributed by atoms with Gasteiger partial charge in [0.25, 0.3) is 0 Å². The Morgan fingerprint density at radius 3 is 2.63 bits per heavy atom. The largest absolute Gasteiger partial charge is 0.465 e. The summed E-state index contributed by atoms with van der Waals surface area (Å²) in [6, 6.07) is 5.96. The Morgan fingerprint density at radius 1 is 1.23 bits per heavy atom. The van der Waals surface area contributed by atoms with Crippen LogP contribution in [-0.4, -0.2) is 50.8 Å². The number of ether oxygens (including phenoxy) is 1. The molecule has 30 heavy (non-hydrogen) atoms. The summed E-state index contributed by atoms with van der Waals surface area (Å²) < 4.78 is 19.8. The maximum absolute atomic E-state index is 13.3. The highest BCUT2D eigenvalue weighted by Gasteiger charge is 2.19. The van der Waals surface area contributed by atoms with Crippen molar-refractivity contribution in [2.24, 2.45) is 0 Å². The minimum absolute atomic E-state index is 0.0405. The molecule has 3 rings (SSSR count). The molecule has 158 valence electrons. The number of hydrogen-bond acceptors (Lipinski definition) is 7. The molecule has 0 aliphatic heterocycles. The number of halogens is 1. The van der Waals surface area contributed by atoms with Gasteiger partial charge in [-0.1, -0.05) is 25.6 Å². The highest BCUT2D eigenvalue weighted by atomic mass is 32.2. The Labute approximate surface area is 177 Å². The number of nitrogens with zero attached hydrogens (tertiary/aromatic N) is 4. The van der Waals surface area contributed by atoms with Gasteiger partial charge in [-0.05, 0) is 37.1 Å². The average molecular weight is 431 g/mol. The molecule has 0 unspecified atom stereocenters. The van der Waals surface area contributed by atoms with Crippen LogP contribution in [0.3, 0.4) is 0 Å². The lowest BCUT2D eigenvalue weighted by atomic mass is 10.1. The fourth-order valence-corrected chi connectivity index (χ4v) is 3.61. The van der Waals surface area contributed by atoms with Gasteiger partial charge in [0.05, 0.1) is 29.9 Å². The second kappa shape index (κ2) is 9.66. The van der Waals surface area contributed by atoms with E-state index in [-0.39, 0.29) is 36.5 Å². The Morgan fingerprint density at radius 2 is 1.97 bits per heavy atom. The van der Waals surface area contributed by atoms with Gasteiger partial charge in [-0.2, -0.15) is 10.2 Å². The molecule has 0 fully saturated rings. The molecule has 3 aromatic rings. The molecule has 0 radical (unpaired) electrons. The number of carbonyl (C=O) groups excluding carboxylic acids is 2. The lowest BCUT2D eigenvalue weighted by molar-refractivity contribution is -0.143. The predicted octanol–water partition coefficient (Wildman–Crippen LogP) is 2.85. The summed E-state index contributed by atoms with van der Waals surface area (Å²) in [6.45, 7) is 5.79. The van der Waals surface area contributed by atoms with Crippen LogP contribution < -0.4 is 5.32 Å². The Hall–Kier alpha value is -3.01. The summed E-state index contributed by atoms with van der Waals surface area (Å²) in [6.07, 6.45) is 1.70. The van der Waals surface area contributed by atoms with Gasteiger partial charge in [-0.25, -0.2) is 9.07 Å². The molecule has 0 aliphatic rings. The van der Waals surface area contributed by atoms with Gasteiger partial charge >= 0.3 is 5.97 Å². The van der Waals surface area contributed by atoms with Crippen LogP contribution in [0, 0.1) is 5.82 Å². The molecule has 2 heterocycles. The fraction of sp³-hybridized carbons (Fsp3) is 0.350. The van der Waals surface area contributed by atoms with E-state index in [2.05, 4.69) is 20.6 Å². The zero-order valence-electron chi connectivity index (χ0n) is 16.9. The minimum atomic E-state index is -0.492. The van der Waals surface area contributed by atoms with Gasteiger partial charge in [0, 0.05) is 5.39 Å². The van der Waals surface area contributed by atoms with E-state index >= 15 is 0 Å². The summed E-state index contributed by atoms with van der Waals surface area (Å²) in [7, 11) is 0. The van der Waals surface area contributed by atoms with Gasteiger partial charge in [0.2, 0.25) is 5.91 Å². The maximum Gasteiger partial charge on any atom is 0.325 e. The third-order valence-corrected chi connectivity index (χ3v) is 5.14. The van der Waals surface area contributed by atoms with E-state index in [1.807, 2.05) is 13.8 Å². The molecule has 0 saturated heterocycles. The van der Waals surface area contributed by atoms with Crippen molar-refractivity contribution in [1.82, 2.24) is 25.3 Å². The van der Waals surface area contributed by atoms with E-state index in [4.69, 9.17) is 4.74 Å². The van der Waals surface area contributed by atoms with Crippen molar-refractivity contribution in [2.75, 3.05) is 18.9 Å². The number of rotatable bonds is 8. The number of benzene rings is 1. The summed E-state index contributed by atoms with van der Waals surface area (Å²) in [5, 5.41) is 16.9. The number of aromatic nitrogens is 4. The Bertz CT molecular complexity index is 1050. The average Bonchev–Trinajstić information content (AvgIpc) is 3.16. The van der Waals surface area contributed by atoms with E-state index in [0.717, 1.165) is 11.1 Å². The number of carbonyl (C=O) groups is 2. The molecule has 1 amide bonds. The zero-order chi connectivity index (χ0) is 21.7. The number of esters is 1.